The van der Waals surface area contributed by atoms with E-state index in [-0.39, 0.29) is 0 Å². The van der Waals surface area contributed by atoms with Crippen molar-refractivity contribution in [3.05, 3.63) is 0 Å². The van der Waals surface area contributed by atoms with Crippen LogP contribution in [0, 0.1) is 5.92 Å². The zero-order valence-electron chi connectivity index (χ0n) is 11.5. The third-order valence-corrected chi connectivity index (χ3v) is 2.77. The molecule has 0 fully saturated rings. The molecular formula is C13H30N2. The normalized spacial score (nSPS) is 12.4. The Labute approximate surface area is 96.4 Å². The summed E-state index contributed by atoms with van der Waals surface area (Å²) in [5, 5.41) is 3.52. The second-order valence-electron chi connectivity index (χ2n) is 5.36. The summed E-state index contributed by atoms with van der Waals surface area (Å²) in [6.07, 6.45) is 1.28. The molecule has 0 rings (SSSR count). The van der Waals surface area contributed by atoms with Gasteiger partial charge in [0.15, 0.2) is 0 Å². The van der Waals surface area contributed by atoms with Gasteiger partial charge in [0.05, 0.1) is 0 Å². The summed E-state index contributed by atoms with van der Waals surface area (Å²) in [7, 11) is 0. The molecule has 0 radical (unpaired) electrons. The van der Waals surface area contributed by atoms with Crippen LogP contribution in [-0.2, 0) is 0 Å². The van der Waals surface area contributed by atoms with Gasteiger partial charge in [-0.05, 0) is 46.6 Å². The highest BCUT2D eigenvalue weighted by Gasteiger charge is 2.11. The van der Waals surface area contributed by atoms with Crippen molar-refractivity contribution in [1.29, 1.82) is 0 Å². The van der Waals surface area contributed by atoms with Crippen LogP contribution in [0.5, 0.6) is 0 Å². The average molecular weight is 214 g/mol. The van der Waals surface area contributed by atoms with Crippen molar-refractivity contribution in [2.45, 2.75) is 60.0 Å². The van der Waals surface area contributed by atoms with Gasteiger partial charge in [-0.2, -0.15) is 0 Å². The predicted molar refractivity (Wildman–Crippen MR) is 69.3 cm³/mol. The van der Waals surface area contributed by atoms with Gasteiger partial charge >= 0.3 is 0 Å². The molecule has 0 saturated carbocycles. The molecule has 92 valence electrons. The SMILES string of the molecule is CC(C)CCNCCN(C(C)C)C(C)C. The van der Waals surface area contributed by atoms with Crippen LogP contribution >= 0.6 is 0 Å². The van der Waals surface area contributed by atoms with E-state index in [0.717, 1.165) is 25.6 Å². The van der Waals surface area contributed by atoms with Crippen LogP contribution in [0.1, 0.15) is 48.0 Å². The summed E-state index contributed by atoms with van der Waals surface area (Å²) in [6, 6.07) is 1.30. The van der Waals surface area contributed by atoms with Gasteiger partial charge in [-0.3, -0.25) is 4.90 Å². The highest BCUT2D eigenvalue weighted by molar-refractivity contribution is 4.68. The fourth-order valence-electron chi connectivity index (χ4n) is 1.84. The summed E-state index contributed by atoms with van der Waals surface area (Å²) in [4.78, 5) is 2.53. The molecule has 0 atom stereocenters. The Morgan fingerprint density at radius 3 is 1.80 bits per heavy atom. The van der Waals surface area contributed by atoms with Crippen LogP contribution in [-0.4, -0.2) is 36.6 Å². The molecule has 0 aromatic carbocycles. The van der Waals surface area contributed by atoms with E-state index in [0.29, 0.717) is 12.1 Å². The molecule has 1 N–H and O–H groups in total. The molecule has 0 aliphatic heterocycles. The first-order chi connectivity index (χ1) is 6.95. The zero-order chi connectivity index (χ0) is 11.8. The molecule has 0 bridgehead atoms. The highest BCUT2D eigenvalue weighted by Crippen LogP contribution is 2.03. The minimum Gasteiger partial charge on any atom is -0.315 e. The van der Waals surface area contributed by atoms with Crippen molar-refractivity contribution in [3.8, 4) is 0 Å². The topological polar surface area (TPSA) is 15.3 Å². The van der Waals surface area contributed by atoms with Gasteiger partial charge in [-0.25, -0.2) is 0 Å². The Morgan fingerprint density at radius 1 is 0.867 bits per heavy atom. The Balaban J connectivity index is 3.55. The van der Waals surface area contributed by atoms with Crippen molar-refractivity contribution in [2.75, 3.05) is 19.6 Å². The zero-order valence-corrected chi connectivity index (χ0v) is 11.5. The molecule has 0 aromatic heterocycles. The number of rotatable bonds is 8. The molecule has 0 saturated heterocycles. The lowest BCUT2D eigenvalue weighted by Gasteiger charge is -2.30. The maximum absolute atomic E-state index is 3.52. The predicted octanol–water partition coefficient (Wildman–Crippen LogP) is 2.74. The Bertz CT molecular complexity index is 133. The Hall–Kier alpha value is -0.0800. The Kier molecular flexibility index (Phi) is 8.07. The minimum absolute atomic E-state index is 0.650. The molecule has 0 aliphatic rings. The minimum atomic E-state index is 0.650. The third-order valence-electron chi connectivity index (χ3n) is 2.77. The summed E-state index contributed by atoms with van der Waals surface area (Å²) >= 11 is 0. The fourth-order valence-corrected chi connectivity index (χ4v) is 1.84. The van der Waals surface area contributed by atoms with E-state index in [9.17, 15) is 0 Å². The molecule has 2 heteroatoms. The lowest BCUT2D eigenvalue weighted by molar-refractivity contribution is 0.176. The van der Waals surface area contributed by atoms with E-state index >= 15 is 0 Å². The quantitative estimate of drug-likeness (QED) is 0.625. The van der Waals surface area contributed by atoms with Gasteiger partial charge in [0.25, 0.3) is 0 Å². The standard InChI is InChI=1S/C13H30N2/c1-11(2)7-8-14-9-10-15(12(3)4)13(5)6/h11-14H,7-10H2,1-6H3. The maximum Gasteiger partial charge on any atom is 0.0112 e. The largest absolute Gasteiger partial charge is 0.315 e. The van der Waals surface area contributed by atoms with Crippen molar-refractivity contribution in [1.82, 2.24) is 10.2 Å². The first kappa shape index (κ1) is 14.9. The molecule has 15 heavy (non-hydrogen) atoms. The molecule has 0 heterocycles. The molecule has 0 aliphatic carbocycles. The van der Waals surface area contributed by atoms with E-state index in [4.69, 9.17) is 0 Å². The summed E-state index contributed by atoms with van der Waals surface area (Å²) in [5.74, 6) is 0.809. The van der Waals surface area contributed by atoms with E-state index in [1.54, 1.807) is 0 Å². The molecular weight excluding hydrogens is 184 g/mol. The van der Waals surface area contributed by atoms with Gasteiger partial charge in [0.1, 0.15) is 0 Å². The number of hydrogen-bond donors (Lipinski definition) is 1. The van der Waals surface area contributed by atoms with Crippen molar-refractivity contribution >= 4 is 0 Å². The van der Waals surface area contributed by atoms with Gasteiger partial charge < -0.3 is 5.32 Å². The van der Waals surface area contributed by atoms with Gasteiger partial charge in [0, 0.05) is 25.2 Å². The maximum atomic E-state index is 3.52. The first-order valence-corrected chi connectivity index (χ1v) is 6.41. The van der Waals surface area contributed by atoms with Gasteiger partial charge in [-0.15, -0.1) is 0 Å². The second kappa shape index (κ2) is 8.12. The van der Waals surface area contributed by atoms with Gasteiger partial charge in [0.2, 0.25) is 0 Å². The molecule has 0 spiro atoms. The van der Waals surface area contributed by atoms with Crippen LogP contribution in [0.3, 0.4) is 0 Å². The van der Waals surface area contributed by atoms with Crippen molar-refractivity contribution in [3.63, 3.8) is 0 Å². The first-order valence-electron chi connectivity index (χ1n) is 6.41. The van der Waals surface area contributed by atoms with Crippen LogP contribution in [0.2, 0.25) is 0 Å². The average Bonchev–Trinajstić information content (AvgIpc) is 2.08. The number of hydrogen-bond acceptors (Lipinski definition) is 2. The lowest BCUT2D eigenvalue weighted by atomic mass is 10.1. The molecule has 2 nitrogen and oxygen atoms in total. The molecule has 0 amide bonds. The van der Waals surface area contributed by atoms with Crippen molar-refractivity contribution < 1.29 is 0 Å². The molecule has 0 unspecified atom stereocenters. The van der Waals surface area contributed by atoms with Crippen LogP contribution in [0.25, 0.3) is 0 Å². The van der Waals surface area contributed by atoms with Crippen molar-refractivity contribution in [2.24, 2.45) is 5.92 Å². The van der Waals surface area contributed by atoms with E-state index < -0.39 is 0 Å². The monoisotopic (exact) mass is 214 g/mol. The third kappa shape index (κ3) is 7.80. The van der Waals surface area contributed by atoms with E-state index in [1.165, 1.54) is 6.42 Å². The number of nitrogens with one attached hydrogen (secondary N) is 1. The number of nitrogens with zero attached hydrogens (tertiary/aromatic N) is 1. The summed E-state index contributed by atoms with van der Waals surface area (Å²) in [5.41, 5.74) is 0. The summed E-state index contributed by atoms with van der Waals surface area (Å²) in [6.45, 7) is 17.1. The lowest BCUT2D eigenvalue weighted by Crippen LogP contribution is -2.41. The fraction of sp³-hybridized carbons (Fsp3) is 1.00. The van der Waals surface area contributed by atoms with Crippen LogP contribution in [0.4, 0.5) is 0 Å². The van der Waals surface area contributed by atoms with Crippen LogP contribution < -0.4 is 5.32 Å². The second-order valence-corrected chi connectivity index (χ2v) is 5.36. The van der Waals surface area contributed by atoms with Gasteiger partial charge in [-0.1, -0.05) is 13.8 Å². The smallest absolute Gasteiger partial charge is 0.0112 e. The highest BCUT2D eigenvalue weighted by atomic mass is 15.2. The molecule has 0 aromatic rings. The Morgan fingerprint density at radius 2 is 1.40 bits per heavy atom. The van der Waals surface area contributed by atoms with E-state index in [1.807, 2.05) is 0 Å². The van der Waals surface area contributed by atoms with Crippen LogP contribution in [0.15, 0.2) is 0 Å². The summed E-state index contributed by atoms with van der Waals surface area (Å²) < 4.78 is 0. The van der Waals surface area contributed by atoms with E-state index in [2.05, 4.69) is 51.8 Å².